The summed E-state index contributed by atoms with van der Waals surface area (Å²) in [6.45, 7) is 0. The topological polar surface area (TPSA) is 76.2 Å². The molecule has 0 aliphatic rings. The second-order valence-corrected chi connectivity index (χ2v) is 4.11. The minimum Gasteiger partial charge on any atom is -0.454 e. The van der Waals surface area contributed by atoms with Crippen molar-refractivity contribution in [2.75, 3.05) is 0 Å². The van der Waals surface area contributed by atoms with Crippen LogP contribution < -0.4 is 4.74 Å². The van der Waals surface area contributed by atoms with Gasteiger partial charge < -0.3 is 4.74 Å². The van der Waals surface area contributed by atoms with Crippen molar-refractivity contribution in [1.29, 1.82) is 5.26 Å². The molecule has 0 N–H and O–H groups in total. The Hall–Kier alpha value is -2.65. The summed E-state index contributed by atoms with van der Waals surface area (Å²) in [7, 11) is 0. The number of rotatable bonds is 3. The molecule has 0 aromatic heterocycles. The van der Waals surface area contributed by atoms with Crippen LogP contribution in [-0.4, -0.2) is 4.92 Å². The van der Waals surface area contributed by atoms with Crippen LogP contribution in [0, 0.1) is 27.3 Å². The van der Waals surface area contributed by atoms with Crippen LogP contribution in [0.3, 0.4) is 0 Å². The first kappa shape index (κ1) is 13.8. The van der Waals surface area contributed by atoms with E-state index in [9.17, 15) is 14.5 Å². The summed E-state index contributed by atoms with van der Waals surface area (Å²) < 4.78 is 18.7. The third kappa shape index (κ3) is 2.68. The summed E-state index contributed by atoms with van der Waals surface area (Å²) in [5.74, 6) is -0.634. The number of nitro groups is 1. The summed E-state index contributed by atoms with van der Waals surface area (Å²) in [4.78, 5) is 9.98. The molecule has 0 amide bonds. The number of nitriles is 1. The van der Waals surface area contributed by atoms with Crippen molar-refractivity contribution in [3.8, 4) is 17.6 Å². The lowest BCUT2D eigenvalue weighted by Crippen LogP contribution is -1.93. The Labute approximate surface area is 117 Å². The van der Waals surface area contributed by atoms with Gasteiger partial charge in [-0.15, -0.1) is 0 Å². The minimum absolute atomic E-state index is 0.00708. The zero-order valence-electron chi connectivity index (χ0n) is 9.84. The molecule has 0 heterocycles. The van der Waals surface area contributed by atoms with Crippen LogP contribution in [-0.2, 0) is 0 Å². The summed E-state index contributed by atoms with van der Waals surface area (Å²) >= 11 is 5.85. The Kier molecular flexibility index (Phi) is 3.82. The van der Waals surface area contributed by atoms with Crippen LogP contribution in [0.4, 0.5) is 10.1 Å². The van der Waals surface area contributed by atoms with E-state index in [1.807, 2.05) is 0 Å². The molecule has 0 saturated carbocycles. The number of benzene rings is 2. The van der Waals surface area contributed by atoms with E-state index >= 15 is 0 Å². The Morgan fingerprint density at radius 3 is 2.65 bits per heavy atom. The smallest absolute Gasteiger partial charge is 0.271 e. The lowest BCUT2D eigenvalue weighted by atomic mass is 10.2. The fraction of sp³-hybridized carbons (Fsp3) is 0. The highest BCUT2D eigenvalue weighted by atomic mass is 35.5. The van der Waals surface area contributed by atoms with Crippen LogP contribution in [0.1, 0.15) is 5.56 Å². The van der Waals surface area contributed by atoms with Gasteiger partial charge in [-0.05, 0) is 18.2 Å². The Morgan fingerprint density at radius 1 is 1.30 bits per heavy atom. The third-order valence-corrected chi connectivity index (χ3v) is 2.73. The summed E-state index contributed by atoms with van der Waals surface area (Å²) in [6, 6.07) is 9.19. The highest BCUT2D eigenvalue weighted by Gasteiger charge is 2.14. The number of halogens is 2. The summed E-state index contributed by atoms with van der Waals surface area (Å²) in [5, 5.41) is 19.4. The van der Waals surface area contributed by atoms with Crippen LogP contribution in [0.2, 0.25) is 5.02 Å². The van der Waals surface area contributed by atoms with E-state index in [0.29, 0.717) is 0 Å². The SMILES string of the molecule is N#Cc1c(F)cccc1Oc1ccc([N+](=O)[O-])cc1Cl. The number of nitrogens with zero attached hydrogens (tertiary/aromatic N) is 2. The van der Waals surface area contributed by atoms with E-state index in [2.05, 4.69) is 0 Å². The van der Waals surface area contributed by atoms with Crippen molar-refractivity contribution >= 4 is 17.3 Å². The fourth-order valence-corrected chi connectivity index (χ4v) is 1.72. The Morgan fingerprint density at radius 2 is 2.05 bits per heavy atom. The molecule has 0 bridgehead atoms. The largest absolute Gasteiger partial charge is 0.454 e. The number of nitro benzene ring substituents is 1. The molecule has 0 atom stereocenters. The average Bonchev–Trinajstić information content (AvgIpc) is 2.41. The van der Waals surface area contributed by atoms with E-state index in [-0.39, 0.29) is 27.8 Å². The molecule has 0 radical (unpaired) electrons. The van der Waals surface area contributed by atoms with Gasteiger partial charge in [0, 0.05) is 12.1 Å². The first-order chi connectivity index (χ1) is 9.52. The lowest BCUT2D eigenvalue weighted by molar-refractivity contribution is -0.384. The second kappa shape index (κ2) is 5.55. The zero-order valence-corrected chi connectivity index (χ0v) is 10.6. The average molecular weight is 293 g/mol. The van der Waals surface area contributed by atoms with Crippen LogP contribution >= 0.6 is 11.6 Å². The molecule has 2 aromatic rings. The molecule has 0 unspecified atom stereocenters. The van der Waals surface area contributed by atoms with E-state index < -0.39 is 10.7 Å². The number of hydrogen-bond donors (Lipinski definition) is 0. The Balaban J connectivity index is 2.39. The quantitative estimate of drug-likeness (QED) is 0.631. The molecule has 7 heteroatoms. The third-order valence-electron chi connectivity index (χ3n) is 2.43. The molecule has 0 aliphatic heterocycles. The van der Waals surface area contributed by atoms with E-state index in [4.69, 9.17) is 21.6 Å². The monoisotopic (exact) mass is 292 g/mol. The minimum atomic E-state index is -0.719. The number of hydrogen-bond acceptors (Lipinski definition) is 4. The summed E-state index contributed by atoms with van der Waals surface area (Å²) in [6.07, 6.45) is 0. The molecule has 2 aromatic carbocycles. The molecule has 5 nitrogen and oxygen atoms in total. The zero-order chi connectivity index (χ0) is 14.7. The second-order valence-electron chi connectivity index (χ2n) is 3.70. The van der Waals surface area contributed by atoms with Gasteiger partial charge in [0.15, 0.2) is 0 Å². The van der Waals surface area contributed by atoms with Crippen molar-refractivity contribution in [3.05, 3.63) is 62.9 Å². The standard InChI is InChI=1S/C13H6ClFN2O3/c14-10-6-8(17(18)19)4-5-13(10)20-12-3-1-2-11(15)9(12)7-16/h1-6H. The van der Waals surface area contributed by atoms with Gasteiger partial charge >= 0.3 is 0 Å². The molecule has 2 rings (SSSR count). The fourth-order valence-electron chi connectivity index (χ4n) is 1.50. The lowest BCUT2D eigenvalue weighted by Gasteiger charge is -2.09. The maximum Gasteiger partial charge on any atom is 0.271 e. The molecule has 100 valence electrons. The van der Waals surface area contributed by atoms with Gasteiger partial charge in [-0.3, -0.25) is 10.1 Å². The van der Waals surface area contributed by atoms with Gasteiger partial charge in [0.05, 0.1) is 9.95 Å². The summed E-state index contributed by atoms with van der Waals surface area (Å²) in [5.41, 5.74) is -0.455. The predicted molar refractivity (Wildman–Crippen MR) is 69.3 cm³/mol. The van der Waals surface area contributed by atoms with Crippen molar-refractivity contribution in [2.24, 2.45) is 0 Å². The molecule has 0 fully saturated rings. The highest BCUT2D eigenvalue weighted by molar-refractivity contribution is 6.32. The van der Waals surface area contributed by atoms with Crippen molar-refractivity contribution in [2.45, 2.75) is 0 Å². The number of ether oxygens (including phenoxy) is 1. The van der Waals surface area contributed by atoms with Gasteiger partial charge in [0.1, 0.15) is 28.9 Å². The van der Waals surface area contributed by atoms with Crippen LogP contribution in [0.5, 0.6) is 11.5 Å². The predicted octanol–water partition coefficient (Wildman–Crippen LogP) is 4.05. The molecule has 0 spiro atoms. The highest BCUT2D eigenvalue weighted by Crippen LogP contribution is 2.34. The van der Waals surface area contributed by atoms with Crippen LogP contribution in [0.25, 0.3) is 0 Å². The molecular formula is C13H6ClFN2O3. The van der Waals surface area contributed by atoms with Gasteiger partial charge in [-0.2, -0.15) is 5.26 Å². The van der Waals surface area contributed by atoms with Gasteiger partial charge in [0.25, 0.3) is 5.69 Å². The van der Waals surface area contributed by atoms with Crippen molar-refractivity contribution < 1.29 is 14.1 Å². The van der Waals surface area contributed by atoms with Crippen molar-refractivity contribution in [1.82, 2.24) is 0 Å². The van der Waals surface area contributed by atoms with Gasteiger partial charge in [-0.1, -0.05) is 17.7 Å². The molecule has 20 heavy (non-hydrogen) atoms. The van der Waals surface area contributed by atoms with Crippen molar-refractivity contribution in [3.63, 3.8) is 0 Å². The van der Waals surface area contributed by atoms with Gasteiger partial charge in [0.2, 0.25) is 0 Å². The first-order valence-electron chi connectivity index (χ1n) is 5.33. The van der Waals surface area contributed by atoms with E-state index in [1.54, 1.807) is 6.07 Å². The maximum atomic E-state index is 13.4. The molecule has 0 aliphatic carbocycles. The first-order valence-corrected chi connectivity index (χ1v) is 5.71. The Bertz CT molecular complexity index is 728. The normalized spacial score (nSPS) is 9.85. The molecular weight excluding hydrogens is 287 g/mol. The van der Waals surface area contributed by atoms with E-state index in [0.717, 1.165) is 12.1 Å². The number of non-ortho nitro benzene ring substituents is 1. The van der Waals surface area contributed by atoms with Gasteiger partial charge in [-0.25, -0.2) is 4.39 Å². The van der Waals surface area contributed by atoms with Crippen LogP contribution in [0.15, 0.2) is 36.4 Å². The maximum absolute atomic E-state index is 13.4. The van der Waals surface area contributed by atoms with E-state index in [1.165, 1.54) is 24.3 Å². The molecule has 0 saturated heterocycles.